The number of nitrogens with two attached hydrogens (primary N) is 1. The van der Waals surface area contributed by atoms with Crippen LogP contribution >= 0.6 is 0 Å². The molecule has 0 bridgehead atoms. The highest BCUT2D eigenvalue weighted by Gasteiger charge is 2.50. The lowest BCUT2D eigenvalue weighted by Crippen LogP contribution is -2.58. The quantitative estimate of drug-likeness (QED) is 0.741. The molecular weight excluding hydrogens is 254 g/mol. The summed E-state index contributed by atoms with van der Waals surface area (Å²) in [5.74, 6) is 0.0883. The number of hydrogen-bond acceptors (Lipinski definition) is 5. The van der Waals surface area contributed by atoms with E-state index < -0.39 is 5.54 Å². The molecule has 5 nitrogen and oxygen atoms in total. The van der Waals surface area contributed by atoms with Gasteiger partial charge in [-0.1, -0.05) is 0 Å². The van der Waals surface area contributed by atoms with Crippen molar-refractivity contribution < 1.29 is 9.53 Å². The van der Waals surface area contributed by atoms with Gasteiger partial charge in [-0.15, -0.1) is 0 Å². The molecule has 2 saturated heterocycles. The van der Waals surface area contributed by atoms with E-state index in [-0.39, 0.29) is 5.97 Å². The summed E-state index contributed by atoms with van der Waals surface area (Å²) < 4.78 is 4.95. The molecule has 0 aromatic heterocycles. The van der Waals surface area contributed by atoms with E-state index in [1.165, 1.54) is 39.5 Å². The number of nitrogens with zero attached hydrogens (tertiary/aromatic N) is 2. The van der Waals surface area contributed by atoms with Crippen molar-refractivity contribution in [3.63, 3.8) is 0 Å². The first-order valence-corrected chi connectivity index (χ1v) is 7.97. The molecule has 20 heavy (non-hydrogen) atoms. The van der Waals surface area contributed by atoms with Gasteiger partial charge in [0.15, 0.2) is 0 Å². The summed E-state index contributed by atoms with van der Waals surface area (Å²) in [7, 11) is 1.45. The Bertz CT molecular complexity index is 366. The zero-order chi connectivity index (χ0) is 14.2. The first-order valence-electron chi connectivity index (χ1n) is 7.97. The molecule has 0 radical (unpaired) electrons. The van der Waals surface area contributed by atoms with Crippen LogP contribution in [0, 0.1) is 5.92 Å². The second-order valence-electron chi connectivity index (χ2n) is 6.73. The van der Waals surface area contributed by atoms with Crippen molar-refractivity contribution in [3.8, 4) is 0 Å². The fourth-order valence-corrected chi connectivity index (χ4v) is 3.88. The smallest absolute Gasteiger partial charge is 0.327 e. The van der Waals surface area contributed by atoms with E-state index in [1.54, 1.807) is 0 Å². The van der Waals surface area contributed by atoms with Crippen LogP contribution < -0.4 is 5.73 Å². The third-order valence-corrected chi connectivity index (χ3v) is 5.26. The maximum absolute atomic E-state index is 12.1. The minimum absolute atomic E-state index is 0.232. The van der Waals surface area contributed by atoms with Crippen molar-refractivity contribution in [2.24, 2.45) is 11.7 Å². The van der Waals surface area contributed by atoms with Gasteiger partial charge in [-0.2, -0.15) is 0 Å². The van der Waals surface area contributed by atoms with E-state index >= 15 is 0 Å². The molecule has 114 valence electrons. The molecule has 3 aliphatic rings. The predicted octanol–water partition coefficient (Wildman–Crippen LogP) is 0.437. The summed E-state index contributed by atoms with van der Waals surface area (Å²) in [5.41, 5.74) is 5.62. The molecule has 2 unspecified atom stereocenters. The maximum atomic E-state index is 12.1. The first kappa shape index (κ1) is 14.3. The predicted molar refractivity (Wildman–Crippen MR) is 77.3 cm³/mol. The van der Waals surface area contributed by atoms with Crippen LogP contribution in [0.4, 0.5) is 0 Å². The van der Waals surface area contributed by atoms with Crippen LogP contribution in [0.1, 0.15) is 32.1 Å². The van der Waals surface area contributed by atoms with Gasteiger partial charge >= 0.3 is 5.97 Å². The Labute approximate surface area is 121 Å². The zero-order valence-corrected chi connectivity index (χ0v) is 12.5. The summed E-state index contributed by atoms with van der Waals surface area (Å²) in [5, 5.41) is 0. The van der Waals surface area contributed by atoms with E-state index in [4.69, 9.17) is 10.5 Å². The van der Waals surface area contributed by atoms with E-state index in [1.807, 2.05) is 0 Å². The molecule has 0 amide bonds. The molecule has 3 rings (SSSR count). The molecule has 1 saturated carbocycles. The Morgan fingerprint density at radius 3 is 2.55 bits per heavy atom. The fraction of sp³-hybridized carbons (Fsp3) is 0.933. The van der Waals surface area contributed by atoms with Crippen LogP contribution in [0.2, 0.25) is 0 Å². The second-order valence-corrected chi connectivity index (χ2v) is 6.73. The Morgan fingerprint density at radius 1 is 1.25 bits per heavy atom. The van der Waals surface area contributed by atoms with Gasteiger partial charge in [0.25, 0.3) is 0 Å². The van der Waals surface area contributed by atoms with Gasteiger partial charge in [0.2, 0.25) is 0 Å². The topological polar surface area (TPSA) is 58.8 Å². The lowest BCUT2D eigenvalue weighted by molar-refractivity contribution is -0.148. The molecule has 3 fully saturated rings. The largest absolute Gasteiger partial charge is 0.468 e. The number of carbonyl (C=O) groups excluding carboxylic acids is 1. The Hall–Kier alpha value is -0.650. The number of carbonyl (C=O) groups is 1. The second kappa shape index (κ2) is 5.62. The zero-order valence-electron chi connectivity index (χ0n) is 12.5. The highest BCUT2D eigenvalue weighted by molar-refractivity contribution is 5.81. The van der Waals surface area contributed by atoms with Gasteiger partial charge in [-0.3, -0.25) is 14.6 Å². The third kappa shape index (κ3) is 2.71. The molecule has 1 aliphatic carbocycles. The third-order valence-electron chi connectivity index (χ3n) is 5.26. The van der Waals surface area contributed by atoms with E-state index in [0.717, 1.165) is 25.9 Å². The lowest BCUT2D eigenvalue weighted by Gasteiger charge is -2.32. The highest BCUT2D eigenvalue weighted by atomic mass is 16.5. The molecule has 0 spiro atoms. The highest BCUT2D eigenvalue weighted by Crippen LogP contribution is 2.40. The number of ether oxygens (including phenoxy) is 1. The van der Waals surface area contributed by atoms with Crippen LogP contribution in [0.15, 0.2) is 0 Å². The summed E-state index contributed by atoms with van der Waals surface area (Å²) in [4.78, 5) is 17.0. The molecule has 2 heterocycles. The van der Waals surface area contributed by atoms with Crippen LogP contribution in [0.5, 0.6) is 0 Å². The van der Waals surface area contributed by atoms with Crippen molar-refractivity contribution >= 4 is 5.97 Å². The van der Waals surface area contributed by atoms with Crippen LogP contribution in [-0.4, -0.2) is 67.2 Å². The van der Waals surface area contributed by atoms with Gasteiger partial charge in [-0.25, -0.2) is 0 Å². The molecule has 2 aliphatic heterocycles. The maximum Gasteiger partial charge on any atom is 0.327 e. The normalized spacial score (nSPS) is 31.4. The van der Waals surface area contributed by atoms with E-state index in [0.29, 0.717) is 18.5 Å². The molecular formula is C15H27N3O2. The SMILES string of the molecule is COC(=O)C(N)(CN1CCC(N2CCCC2)C1)C1CC1. The van der Waals surface area contributed by atoms with Gasteiger partial charge in [0, 0.05) is 19.1 Å². The van der Waals surface area contributed by atoms with Crippen molar-refractivity contribution in [1.82, 2.24) is 9.80 Å². The molecule has 0 aromatic rings. The fourth-order valence-electron chi connectivity index (χ4n) is 3.88. The molecule has 5 heteroatoms. The minimum Gasteiger partial charge on any atom is -0.468 e. The number of esters is 1. The van der Waals surface area contributed by atoms with E-state index in [9.17, 15) is 4.79 Å². The Morgan fingerprint density at radius 2 is 1.95 bits per heavy atom. The van der Waals surface area contributed by atoms with Gasteiger partial charge in [0.05, 0.1) is 7.11 Å². The van der Waals surface area contributed by atoms with Crippen LogP contribution in [0.3, 0.4) is 0 Å². The van der Waals surface area contributed by atoms with Crippen molar-refractivity contribution in [3.05, 3.63) is 0 Å². The van der Waals surface area contributed by atoms with Crippen LogP contribution in [-0.2, 0) is 9.53 Å². The molecule has 2 N–H and O–H groups in total. The average Bonchev–Trinajstić information content (AvgIpc) is 2.99. The van der Waals surface area contributed by atoms with Crippen molar-refractivity contribution in [2.75, 3.05) is 39.8 Å². The minimum atomic E-state index is -0.783. The van der Waals surface area contributed by atoms with Crippen molar-refractivity contribution in [1.29, 1.82) is 0 Å². The number of hydrogen-bond donors (Lipinski definition) is 1. The monoisotopic (exact) mass is 281 g/mol. The first-order chi connectivity index (χ1) is 9.63. The van der Waals surface area contributed by atoms with Gasteiger partial charge < -0.3 is 10.5 Å². The molecule has 0 aromatic carbocycles. The number of likely N-dealkylation sites (tertiary alicyclic amines) is 2. The Kier molecular flexibility index (Phi) is 4.02. The summed E-state index contributed by atoms with van der Waals surface area (Å²) >= 11 is 0. The van der Waals surface area contributed by atoms with Crippen LogP contribution in [0.25, 0.3) is 0 Å². The molecule has 2 atom stereocenters. The average molecular weight is 281 g/mol. The van der Waals surface area contributed by atoms with Gasteiger partial charge in [-0.05, 0) is 57.7 Å². The standard InChI is InChI=1S/C15H27N3O2/c1-20-14(19)15(16,12-4-5-12)11-17-9-6-13(10-17)18-7-2-3-8-18/h12-13H,2-11,16H2,1H3. The number of methoxy groups -OCH3 is 1. The summed E-state index contributed by atoms with van der Waals surface area (Å²) in [6.45, 7) is 5.26. The van der Waals surface area contributed by atoms with Crippen molar-refractivity contribution in [2.45, 2.75) is 43.7 Å². The van der Waals surface area contributed by atoms with Gasteiger partial charge in [0.1, 0.15) is 5.54 Å². The Balaban J connectivity index is 1.58. The lowest BCUT2D eigenvalue weighted by atomic mass is 9.94. The summed E-state index contributed by atoms with van der Waals surface area (Å²) in [6.07, 6.45) is 6.01. The number of rotatable bonds is 5. The van der Waals surface area contributed by atoms with E-state index in [2.05, 4.69) is 9.80 Å². The summed E-state index contributed by atoms with van der Waals surface area (Å²) in [6, 6.07) is 0.665.